The maximum Gasteiger partial charge on any atom is 0.376 e. The number of hydrogen-bond donors (Lipinski definition) is 2. The summed E-state index contributed by atoms with van der Waals surface area (Å²) >= 11 is 0. The van der Waals surface area contributed by atoms with Gasteiger partial charge in [-0.2, -0.15) is 0 Å². The summed E-state index contributed by atoms with van der Waals surface area (Å²) in [7, 11) is 0. The molecule has 0 aromatic carbocycles. The summed E-state index contributed by atoms with van der Waals surface area (Å²) in [6.07, 6.45) is 1.44. The van der Waals surface area contributed by atoms with Crippen LogP contribution in [0.1, 0.15) is 17.5 Å². The van der Waals surface area contributed by atoms with Gasteiger partial charge in [0.05, 0.1) is 12.9 Å². The third-order valence-electron chi connectivity index (χ3n) is 1.77. The number of hydrogen-bond acceptors (Lipinski definition) is 6. The van der Waals surface area contributed by atoms with E-state index in [4.69, 9.17) is 10.5 Å². The Hall–Kier alpha value is -2.18. The number of imidazole rings is 1. The summed E-state index contributed by atoms with van der Waals surface area (Å²) in [4.78, 5) is 25.7. The van der Waals surface area contributed by atoms with Crippen molar-refractivity contribution in [3.8, 4) is 0 Å². The van der Waals surface area contributed by atoms with Gasteiger partial charge in [0, 0.05) is 0 Å². The van der Waals surface area contributed by atoms with Crippen molar-refractivity contribution >= 4 is 23.0 Å². The zero-order valence-corrected chi connectivity index (χ0v) is 8.02. The van der Waals surface area contributed by atoms with E-state index in [9.17, 15) is 4.79 Å². The number of fused-ring (bicyclic) bond motifs is 1. The molecule has 0 aliphatic rings. The monoisotopic (exact) mass is 207 g/mol. The predicted octanol–water partition coefficient (Wildman–Crippen LogP) is 0.112. The Labute approximate surface area is 84.7 Å². The molecule has 15 heavy (non-hydrogen) atoms. The average molecular weight is 207 g/mol. The molecule has 2 heterocycles. The van der Waals surface area contributed by atoms with Gasteiger partial charge in [-0.25, -0.2) is 19.7 Å². The summed E-state index contributed by atoms with van der Waals surface area (Å²) in [5.74, 6) is -0.497. The van der Waals surface area contributed by atoms with Crippen molar-refractivity contribution in [1.29, 1.82) is 0 Å². The van der Waals surface area contributed by atoms with E-state index >= 15 is 0 Å². The number of carbonyl (C=O) groups is 1. The summed E-state index contributed by atoms with van der Waals surface area (Å²) < 4.78 is 4.75. The summed E-state index contributed by atoms with van der Waals surface area (Å²) in [6.45, 7) is 1.97. The lowest BCUT2D eigenvalue weighted by atomic mass is 10.4. The van der Waals surface area contributed by atoms with Crippen LogP contribution in [0.3, 0.4) is 0 Å². The number of H-pyrrole nitrogens is 1. The number of nitrogens with zero attached hydrogens (tertiary/aromatic N) is 3. The smallest absolute Gasteiger partial charge is 0.376 e. The van der Waals surface area contributed by atoms with Crippen molar-refractivity contribution in [2.24, 2.45) is 0 Å². The Bertz CT molecular complexity index is 507. The molecule has 3 N–H and O–H groups in total. The van der Waals surface area contributed by atoms with Crippen LogP contribution in [0, 0.1) is 0 Å². The van der Waals surface area contributed by atoms with Crippen LogP contribution >= 0.6 is 0 Å². The highest BCUT2D eigenvalue weighted by atomic mass is 16.5. The number of esters is 1. The van der Waals surface area contributed by atoms with E-state index in [1.165, 1.54) is 6.33 Å². The molecule has 0 atom stereocenters. The van der Waals surface area contributed by atoms with Crippen molar-refractivity contribution in [3.05, 3.63) is 12.2 Å². The standard InChI is InChI=1S/C8H9N5O2/c1-2-15-8(14)7-12-5(9)4-6(13-7)11-3-10-4/h3H,2H2,1H3,(H3,9,10,11,12,13). The zero-order chi connectivity index (χ0) is 10.8. The van der Waals surface area contributed by atoms with Gasteiger partial charge in [0.15, 0.2) is 11.5 Å². The zero-order valence-electron chi connectivity index (χ0n) is 8.02. The summed E-state index contributed by atoms with van der Waals surface area (Å²) in [6, 6.07) is 0. The highest BCUT2D eigenvalue weighted by molar-refractivity contribution is 5.90. The van der Waals surface area contributed by atoms with Gasteiger partial charge in [0.25, 0.3) is 0 Å². The second-order valence-electron chi connectivity index (χ2n) is 2.75. The number of carbonyl (C=O) groups excluding carboxylic acids is 1. The van der Waals surface area contributed by atoms with Crippen LogP contribution in [0.25, 0.3) is 11.2 Å². The van der Waals surface area contributed by atoms with Gasteiger partial charge in [0.2, 0.25) is 5.82 Å². The van der Waals surface area contributed by atoms with Crippen LogP contribution in [-0.4, -0.2) is 32.5 Å². The van der Waals surface area contributed by atoms with Crippen molar-refractivity contribution in [1.82, 2.24) is 19.9 Å². The van der Waals surface area contributed by atoms with Gasteiger partial charge in [-0.3, -0.25) is 0 Å². The summed E-state index contributed by atoms with van der Waals surface area (Å²) in [5, 5.41) is 0. The highest BCUT2D eigenvalue weighted by Gasteiger charge is 2.14. The Morgan fingerprint density at radius 1 is 1.60 bits per heavy atom. The molecular weight excluding hydrogens is 198 g/mol. The largest absolute Gasteiger partial charge is 0.460 e. The number of aromatic amines is 1. The molecule has 0 saturated heterocycles. The second-order valence-corrected chi connectivity index (χ2v) is 2.75. The minimum Gasteiger partial charge on any atom is -0.460 e. The van der Waals surface area contributed by atoms with E-state index in [1.807, 2.05) is 0 Å². The highest BCUT2D eigenvalue weighted by Crippen LogP contribution is 2.12. The van der Waals surface area contributed by atoms with Crippen molar-refractivity contribution < 1.29 is 9.53 Å². The van der Waals surface area contributed by atoms with E-state index in [-0.39, 0.29) is 18.2 Å². The molecule has 0 amide bonds. The van der Waals surface area contributed by atoms with Gasteiger partial charge in [-0.1, -0.05) is 0 Å². The number of anilines is 1. The molecule has 0 fully saturated rings. The molecule has 2 rings (SSSR count). The van der Waals surface area contributed by atoms with Crippen LogP contribution in [0.5, 0.6) is 0 Å². The number of aromatic nitrogens is 4. The van der Waals surface area contributed by atoms with Crippen LogP contribution < -0.4 is 5.73 Å². The first kappa shape index (κ1) is 9.38. The second kappa shape index (κ2) is 3.52. The van der Waals surface area contributed by atoms with Crippen LogP contribution in [-0.2, 0) is 4.74 Å². The molecule has 0 aliphatic heterocycles. The van der Waals surface area contributed by atoms with Gasteiger partial charge in [0.1, 0.15) is 5.52 Å². The number of nitrogens with one attached hydrogen (secondary N) is 1. The minimum absolute atomic E-state index is 0.0750. The molecule has 0 unspecified atom stereocenters. The number of nitrogen functional groups attached to an aromatic ring is 1. The Kier molecular flexibility index (Phi) is 2.20. The van der Waals surface area contributed by atoms with Crippen molar-refractivity contribution in [2.45, 2.75) is 6.92 Å². The number of rotatable bonds is 2. The van der Waals surface area contributed by atoms with Crippen LogP contribution in [0.2, 0.25) is 0 Å². The Morgan fingerprint density at radius 3 is 3.13 bits per heavy atom. The molecule has 0 aliphatic carbocycles. The van der Waals surface area contributed by atoms with E-state index in [0.717, 1.165) is 0 Å². The van der Waals surface area contributed by atoms with E-state index < -0.39 is 5.97 Å². The molecule has 7 heteroatoms. The Balaban J connectivity index is 2.49. The third kappa shape index (κ3) is 1.58. The first-order valence-corrected chi connectivity index (χ1v) is 4.36. The molecule has 0 bridgehead atoms. The predicted molar refractivity (Wildman–Crippen MR) is 52.1 cm³/mol. The fourth-order valence-corrected chi connectivity index (χ4v) is 1.14. The maximum atomic E-state index is 11.3. The van der Waals surface area contributed by atoms with Gasteiger partial charge >= 0.3 is 5.97 Å². The van der Waals surface area contributed by atoms with Gasteiger partial charge in [-0.05, 0) is 6.92 Å². The molecule has 7 nitrogen and oxygen atoms in total. The minimum atomic E-state index is -0.603. The molecule has 0 saturated carbocycles. The maximum absolute atomic E-state index is 11.3. The number of ether oxygens (including phenoxy) is 1. The molecular formula is C8H9N5O2. The van der Waals surface area contributed by atoms with E-state index in [0.29, 0.717) is 11.2 Å². The van der Waals surface area contributed by atoms with Gasteiger partial charge < -0.3 is 15.5 Å². The number of nitrogens with two attached hydrogens (primary N) is 1. The fraction of sp³-hybridized carbons (Fsp3) is 0.250. The van der Waals surface area contributed by atoms with E-state index in [2.05, 4.69) is 19.9 Å². The lowest BCUT2D eigenvalue weighted by Gasteiger charge is -2.00. The van der Waals surface area contributed by atoms with Gasteiger partial charge in [-0.15, -0.1) is 0 Å². The Morgan fingerprint density at radius 2 is 2.40 bits per heavy atom. The fourth-order valence-electron chi connectivity index (χ4n) is 1.14. The molecule has 2 aromatic heterocycles. The average Bonchev–Trinajstić information content (AvgIpc) is 2.66. The topological polar surface area (TPSA) is 107 Å². The normalized spacial score (nSPS) is 10.5. The molecule has 2 aromatic rings. The molecule has 78 valence electrons. The summed E-state index contributed by atoms with van der Waals surface area (Å²) in [5.41, 5.74) is 6.47. The van der Waals surface area contributed by atoms with Crippen molar-refractivity contribution in [3.63, 3.8) is 0 Å². The quantitative estimate of drug-likeness (QED) is 0.677. The van der Waals surface area contributed by atoms with Crippen LogP contribution in [0.4, 0.5) is 5.82 Å². The molecule has 0 spiro atoms. The third-order valence-corrected chi connectivity index (χ3v) is 1.77. The van der Waals surface area contributed by atoms with Crippen LogP contribution in [0.15, 0.2) is 6.33 Å². The lowest BCUT2D eigenvalue weighted by molar-refractivity contribution is 0.0512. The lowest BCUT2D eigenvalue weighted by Crippen LogP contribution is -2.11. The van der Waals surface area contributed by atoms with Crippen molar-refractivity contribution in [2.75, 3.05) is 12.3 Å². The first-order valence-electron chi connectivity index (χ1n) is 4.36. The first-order chi connectivity index (χ1) is 7.22. The SMILES string of the molecule is CCOC(=O)c1nc(N)c2[nH]cnc2n1. The van der Waals surface area contributed by atoms with E-state index in [1.54, 1.807) is 6.92 Å². The molecule has 0 radical (unpaired) electrons.